The first kappa shape index (κ1) is 21.7. The van der Waals surface area contributed by atoms with Crippen LogP contribution in [0.5, 0.6) is 0 Å². The van der Waals surface area contributed by atoms with Gasteiger partial charge in [-0.1, -0.05) is 94.4 Å². The molecule has 0 fully saturated rings. The van der Waals surface area contributed by atoms with E-state index in [4.69, 9.17) is 4.43 Å². The van der Waals surface area contributed by atoms with Crippen LogP contribution in [0.4, 0.5) is 0 Å². The summed E-state index contributed by atoms with van der Waals surface area (Å²) in [4.78, 5) is 0. The van der Waals surface area contributed by atoms with Crippen molar-refractivity contribution < 1.29 is 4.43 Å². The lowest BCUT2D eigenvalue weighted by atomic mass is 10.0. The average Bonchev–Trinajstić information content (AvgIpc) is 2.65. The molecular weight excluding hydrogens is 344 g/mol. The van der Waals surface area contributed by atoms with Crippen LogP contribution in [0.25, 0.3) is 0 Å². The third-order valence-electron chi connectivity index (χ3n) is 5.43. The first-order valence-electron chi connectivity index (χ1n) is 10.2. The van der Waals surface area contributed by atoms with Crippen LogP contribution in [0.1, 0.15) is 53.9 Å². The fourth-order valence-corrected chi connectivity index (χ4v) is 8.71. The molecule has 0 amide bonds. The molecule has 0 unspecified atom stereocenters. The molecule has 0 aliphatic rings. The van der Waals surface area contributed by atoms with Crippen molar-refractivity contribution in [3.63, 3.8) is 0 Å². The van der Waals surface area contributed by atoms with Gasteiger partial charge in [0.2, 0.25) is 0 Å². The van der Waals surface area contributed by atoms with E-state index in [1.54, 1.807) is 0 Å². The maximum atomic E-state index is 7.12. The highest BCUT2D eigenvalue weighted by Crippen LogP contribution is 2.38. The number of allylic oxidation sites excluding steroid dienone is 1. The summed E-state index contributed by atoms with van der Waals surface area (Å²) < 4.78 is 7.12. The Bertz CT molecular complexity index is 648. The Morgan fingerprint density at radius 1 is 0.889 bits per heavy atom. The molecule has 27 heavy (non-hydrogen) atoms. The van der Waals surface area contributed by atoms with Crippen molar-refractivity contribution in [2.24, 2.45) is 5.92 Å². The van der Waals surface area contributed by atoms with Crippen molar-refractivity contribution in [3.8, 4) is 0 Å². The Hall–Kier alpha value is -1.64. The van der Waals surface area contributed by atoms with Crippen molar-refractivity contribution >= 4 is 18.7 Å². The van der Waals surface area contributed by atoms with Crippen LogP contribution in [-0.2, 0) is 4.43 Å². The van der Waals surface area contributed by atoms with Crippen molar-refractivity contribution in [3.05, 3.63) is 73.3 Å². The maximum absolute atomic E-state index is 7.12. The SMILES string of the molecule is C=CC[C@H](C)CC[C@@H](C)O[Si](c1ccccc1)(c1ccccc1)C(C)(C)C. The van der Waals surface area contributed by atoms with Crippen LogP contribution in [0.3, 0.4) is 0 Å². The molecule has 2 rings (SSSR count). The molecule has 2 atom stereocenters. The Labute approximate surface area is 167 Å². The molecule has 2 aromatic rings. The third-order valence-corrected chi connectivity index (χ3v) is 10.6. The second kappa shape index (κ2) is 9.52. The van der Waals surface area contributed by atoms with E-state index in [2.05, 4.69) is 102 Å². The smallest absolute Gasteiger partial charge is 0.261 e. The number of benzene rings is 2. The van der Waals surface area contributed by atoms with Crippen LogP contribution in [-0.4, -0.2) is 14.4 Å². The van der Waals surface area contributed by atoms with Gasteiger partial charge in [0.05, 0.1) is 0 Å². The van der Waals surface area contributed by atoms with Crippen LogP contribution in [0.15, 0.2) is 73.3 Å². The molecule has 2 heteroatoms. The number of hydrogen-bond acceptors (Lipinski definition) is 1. The Kier molecular flexibility index (Phi) is 7.64. The van der Waals surface area contributed by atoms with Crippen molar-refractivity contribution in [1.29, 1.82) is 0 Å². The van der Waals surface area contributed by atoms with Gasteiger partial charge in [-0.15, -0.1) is 6.58 Å². The topological polar surface area (TPSA) is 9.23 Å². The average molecular weight is 381 g/mol. The fraction of sp³-hybridized carbons (Fsp3) is 0.440. The summed E-state index contributed by atoms with van der Waals surface area (Å²) in [5.74, 6) is 0.660. The first-order chi connectivity index (χ1) is 12.8. The van der Waals surface area contributed by atoms with Crippen LogP contribution in [0.2, 0.25) is 5.04 Å². The third kappa shape index (κ3) is 5.21. The van der Waals surface area contributed by atoms with E-state index in [1.165, 1.54) is 16.8 Å². The fourth-order valence-electron chi connectivity index (χ4n) is 3.97. The molecule has 0 saturated heterocycles. The van der Waals surface area contributed by atoms with Crippen molar-refractivity contribution in [2.45, 2.75) is 65.0 Å². The van der Waals surface area contributed by atoms with Gasteiger partial charge < -0.3 is 4.43 Å². The second-order valence-electron chi connectivity index (χ2n) is 8.80. The van der Waals surface area contributed by atoms with E-state index in [0.29, 0.717) is 5.92 Å². The molecule has 1 nitrogen and oxygen atoms in total. The van der Waals surface area contributed by atoms with Gasteiger partial charge in [0.25, 0.3) is 8.32 Å². The van der Waals surface area contributed by atoms with Crippen molar-refractivity contribution in [2.75, 3.05) is 0 Å². The molecular formula is C25H36OSi. The minimum absolute atomic E-state index is 0.0384. The molecule has 0 spiro atoms. The first-order valence-corrected chi connectivity index (χ1v) is 12.1. The molecule has 0 aromatic heterocycles. The molecule has 0 heterocycles. The lowest BCUT2D eigenvalue weighted by Crippen LogP contribution is -2.67. The summed E-state index contributed by atoms with van der Waals surface area (Å²) in [6.45, 7) is 15.4. The second-order valence-corrected chi connectivity index (χ2v) is 13.1. The van der Waals surface area contributed by atoms with E-state index in [1.807, 2.05) is 6.08 Å². The predicted molar refractivity (Wildman–Crippen MR) is 121 cm³/mol. The van der Waals surface area contributed by atoms with Gasteiger partial charge in [-0.05, 0) is 47.5 Å². The Balaban J connectivity index is 2.42. The highest BCUT2D eigenvalue weighted by Gasteiger charge is 2.50. The van der Waals surface area contributed by atoms with Gasteiger partial charge in [-0.25, -0.2) is 0 Å². The maximum Gasteiger partial charge on any atom is 0.261 e. The quantitative estimate of drug-likeness (QED) is 0.386. The van der Waals surface area contributed by atoms with Gasteiger partial charge in [-0.3, -0.25) is 0 Å². The molecule has 2 aromatic carbocycles. The Morgan fingerprint density at radius 3 is 1.78 bits per heavy atom. The Morgan fingerprint density at radius 2 is 1.37 bits per heavy atom. The van der Waals surface area contributed by atoms with Gasteiger partial charge in [0.15, 0.2) is 0 Å². The summed E-state index contributed by atoms with van der Waals surface area (Å²) in [5.41, 5.74) is 0. The highest BCUT2D eigenvalue weighted by atomic mass is 28.4. The van der Waals surface area contributed by atoms with Crippen LogP contribution < -0.4 is 10.4 Å². The standard InChI is InChI=1S/C25H36OSi/c1-7-14-21(2)19-20-22(3)26-27(25(4,5)6,23-15-10-8-11-16-23)24-17-12-9-13-18-24/h7-13,15-18,21-22H,1,14,19-20H2,2-6H3/t21-,22+/m0/s1. The monoisotopic (exact) mass is 380 g/mol. The molecule has 0 aliphatic carbocycles. The van der Waals surface area contributed by atoms with Crippen molar-refractivity contribution in [1.82, 2.24) is 0 Å². The number of hydrogen-bond donors (Lipinski definition) is 0. The zero-order valence-electron chi connectivity index (χ0n) is 17.7. The van der Waals surface area contributed by atoms with Gasteiger partial charge in [0, 0.05) is 6.10 Å². The zero-order valence-corrected chi connectivity index (χ0v) is 18.7. The minimum Gasteiger partial charge on any atom is -0.405 e. The zero-order chi connectivity index (χ0) is 19.9. The highest BCUT2D eigenvalue weighted by molar-refractivity contribution is 6.99. The van der Waals surface area contributed by atoms with Crippen LogP contribution >= 0.6 is 0 Å². The normalized spacial score (nSPS) is 14.6. The van der Waals surface area contributed by atoms with Gasteiger partial charge in [-0.2, -0.15) is 0 Å². The van der Waals surface area contributed by atoms with Gasteiger partial charge >= 0.3 is 0 Å². The molecule has 0 N–H and O–H groups in total. The summed E-state index contributed by atoms with van der Waals surface area (Å²) in [6.07, 6.45) is 5.58. The van der Waals surface area contributed by atoms with E-state index in [-0.39, 0.29) is 11.1 Å². The van der Waals surface area contributed by atoms with E-state index < -0.39 is 8.32 Å². The summed E-state index contributed by atoms with van der Waals surface area (Å²) in [7, 11) is -2.42. The molecule has 0 aliphatic heterocycles. The summed E-state index contributed by atoms with van der Waals surface area (Å²) in [6, 6.07) is 21.8. The lowest BCUT2D eigenvalue weighted by Gasteiger charge is -2.44. The predicted octanol–water partition coefficient (Wildman–Crippen LogP) is 5.94. The van der Waals surface area contributed by atoms with Gasteiger partial charge in [0.1, 0.15) is 0 Å². The molecule has 146 valence electrons. The molecule has 0 radical (unpaired) electrons. The number of rotatable bonds is 9. The minimum atomic E-state index is -2.42. The van der Waals surface area contributed by atoms with E-state index >= 15 is 0 Å². The largest absolute Gasteiger partial charge is 0.405 e. The lowest BCUT2D eigenvalue weighted by molar-refractivity contribution is 0.186. The molecule has 0 saturated carbocycles. The summed E-state index contributed by atoms with van der Waals surface area (Å²) >= 11 is 0. The van der Waals surface area contributed by atoms with E-state index in [9.17, 15) is 0 Å². The summed E-state index contributed by atoms with van der Waals surface area (Å²) in [5, 5.41) is 2.75. The molecule has 0 bridgehead atoms. The van der Waals surface area contributed by atoms with E-state index in [0.717, 1.165) is 12.8 Å². The van der Waals surface area contributed by atoms with Crippen LogP contribution in [0, 0.1) is 5.92 Å².